The standard InChI is InChI=1S/C21H42S/c1-3-4-5-6-7-8-9-10-11-12-13-14-15-16-17-18-19-21(2)20-22/h20-21H,3-19H2,1-2H3. The van der Waals surface area contributed by atoms with Crippen molar-refractivity contribution in [1.82, 2.24) is 0 Å². The molecule has 0 spiro atoms. The van der Waals surface area contributed by atoms with Crippen LogP contribution in [0.5, 0.6) is 0 Å². The quantitative estimate of drug-likeness (QED) is 0.180. The Hall–Kier alpha value is 0.0900. The van der Waals surface area contributed by atoms with Crippen LogP contribution in [0.2, 0.25) is 0 Å². The summed E-state index contributed by atoms with van der Waals surface area (Å²) in [6, 6.07) is 0. The maximum atomic E-state index is 4.96. The third kappa shape index (κ3) is 18.1. The Labute approximate surface area is 146 Å². The molecule has 0 fully saturated rings. The molecule has 0 aromatic carbocycles. The Morgan fingerprint density at radius 2 is 0.909 bits per heavy atom. The van der Waals surface area contributed by atoms with Gasteiger partial charge in [0, 0.05) is 0 Å². The van der Waals surface area contributed by atoms with Crippen LogP contribution < -0.4 is 0 Å². The molecule has 0 nitrogen and oxygen atoms in total. The molecule has 0 amide bonds. The zero-order valence-electron chi connectivity index (χ0n) is 15.6. The fraction of sp³-hybridized carbons (Fsp3) is 0.952. The van der Waals surface area contributed by atoms with Crippen molar-refractivity contribution in [3.05, 3.63) is 0 Å². The molecule has 132 valence electrons. The second-order valence-corrected chi connectivity index (χ2v) is 7.48. The lowest BCUT2D eigenvalue weighted by Gasteiger charge is -2.05. The molecule has 1 atom stereocenters. The Kier molecular flexibility index (Phi) is 19.2. The first-order chi connectivity index (χ1) is 10.8. The maximum Gasteiger partial charge on any atom is -0.0157 e. The van der Waals surface area contributed by atoms with Gasteiger partial charge in [0.2, 0.25) is 0 Å². The minimum absolute atomic E-state index is 0.640. The maximum absolute atomic E-state index is 4.96. The number of unbranched alkanes of at least 4 members (excludes halogenated alkanes) is 15. The van der Waals surface area contributed by atoms with Crippen molar-refractivity contribution in [2.75, 3.05) is 0 Å². The lowest BCUT2D eigenvalue weighted by Crippen LogP contribution is -1.93. The molecule has 0 saturated heterocycles. The van der Waals surface area contributed by atoms with Gasteiger partial charge in [-0.15, -0.1) is 0 Å². The molecule has 0 saturated carbocycles. The summed E-state index contributed by atoms with van der Waals surface area (Å²) in [5.74, 6) is 0.640. The van der Waals surface area contributed by atoms with Gasteiger partial charge in [0.15, 0.2) is 0 Å². The van der Waals surface area contributed by atoms with Crippen molar-refractivity contribution in [1.29, 1.82) is 0 Å². The van der Waals surface area contributed by atoms with E-state index in [2.05, 4.69) is 13.8 Å². The van der Waals surface area contributed by atoms with Crippen molar-refractivity contribution < 1.29 is 0 Å². The number of rotatable bonds is 18. The summed E-state index contributed by atoms with van der Waals surface area (Å²) in [6.07, 6.45) is 24.5. The average Bonchev–Trinajstić information content (AvgIpc) is 2.54. The summed E-state index contributed by atoms with van der Waals surface area (Å²) in [7, 11) is 0. The fourth-order valence-corrected chi connectivity index (χ4v) is 3.22. The first kappa shape index (κ1) is 22.1. The van der Waals surface area contributed by atoms with Gasteiger partial charge in [0.25, 0.3) is 0 Å². The predicted molar refractivity (Wildman–Crippen MR) is 107 cm³/mol. The molecular weight excluding hydrogens is 284 g/mol. The van der Waals surface area contributed by atoms with Crippen LogP contribution in [-0.4, -0.2) is 5.37 Å². The topological polar surface area (TPSA) is 0 Å². The molecule has 0 aliphatic heterocycles. The Morgan fingerprint density at radius 3 is 1.23 bits per heavy atom. The highest BCUT2D eigenvalue weighted by Gasteiger charge is 1.97. The van der Waals surface area contributed by atoms with E-state index in [4.69, 9.17) is 12.2 Å². The molecule has 0 N–H and O–H groups in total. The van der Waals surface area contributed by atoms with Gasteiger partial charge in [0.1, 0.15) is 0 Å². The van der Waals surface area contributed by atoms with E-state index >= 15 is 0 Å². The molecule has 0 radical (unpaired) electrons. The lowest BCUT2D eigenvalue weighted by atomic mass is 10.0. The highest BCUT2D eigenvalue weighted by atomic mass is 32.1. The largest absolute Gasteiger partial charge is 0.0932 e. The van der Waals surface area contributed by atoms with Gasteiger partial charge >= 0.3 is 0 Å². The fourth-order valence-electron chi connectivity index (χ4n) is 3.08. The summed E-state index contributed by atoms with van der Waals surface area (Å²) in [5.41, 5.74) is 0. The van der Waals surface area contributed by atoms with Crippen LogP contribution in [0, 0.1) is 5.92 Å². The van der Waals surface area contributed by atoms with Crippen LogP contribution in [0.15, 0.2) is 0 Å². The molecule has 0 rings (SSSR count). The monoisotopic (exact) mass is 326 g/mol. The highest BCUT2D eigenvalue weighted by Crippen LogP contribution is 2.14. The van der Waals surface area contributed by atoms with Crippen LogP contribution >= 0.6 is 12.2 Å². The molecule has 0 aliphatic carbocycles. The molecule has 0 aliphatic rings. The molecule has 22 heavy (non-hydrogen) atoms. The van der Waals surface area contributed by atoms with E-state index in [0.29, 0.717) is 5.92 Å². The van der Waals surface area contributed by atoms with Gasteiger partial charge in [-0.05, 0) is 17.7 Å². The summed E-state index contributed by atoms with van der Waals surface area (Å²) < 4.78 is 0. The van der Waals surface area contributed by atoms with E-state index in [1.165, 1.54) is 109 Å². The third-order valence-electron chi connectivity index (χ3n) is 4.75. The zero-order valence-corrected chi connectivity index (χ0v) is 16.4. The molecule has 0 bridgehead atoms. The Morgan fingerprint density at radius 1 is 0.591 bits per heavy atom. The van der Waals surface area contributed by atoms with Crippen molar-refractivity contribution in [3.8, 4) is 0 Å². The first-order valence-corrected chi connectivity index (χ1v) is 10.7. The molecule has 1 unspecified atom stereocenters. The SMILES string of the molecule is CCCCCCCCCCCCCCCCCCC(C)C=S. The Balaban J connectivity index is 2.98. The predicted octanol–water partition coefficient (Wildman–Crippen LogP) is 8.27. The summed E-state index contributed by atoms with van der Waals surface area (Å²) in [6.45, 7) is 4.53. The van der Waals surface area contributed by atoms with E-state index in [-0.39, 0.29) is 0 Å². The van der Waals surface area contributed by atoms with Crippen LogP contribution in [0.1, 0.15) is 123 Å². The molecule has 1 heteroatoms. The van der Waals surface area contributed by atoms with Gasteiger partial charge < -0.3 is 0 Å². The minimum atomic E-state index is 0.640. The van der Waals surface area contributed by atoms with E-state index in [9.17, 15) is 0 Å². The second-order valence-electron chi connectivity index (χ2n) is 7.21. The molecule has 0 aromatic rings. The number of thiocarbonyl (C=S) groups is 1. The summed E-state index contributed by atoms with van der Waals surface area (Å²) in [5, 5.41) is 1.92. The van der Waals surface area contributed by atoms with E-state index < -0.39 is 0 Å². The van der Waals surface area contributed by atoms with Crippen molar-refractivity contribution in [3.63, 3.8) is 0 Å². The highest BCUT2D eigenvalue weighted by molar-refractivity contribution is 7.79. The van der Waals surface area contributed by atoms with Gasteiger partial charge in [-0.1, -0.05) is 129 Å². The normalized spacial score (nSPS) is 12.5. The first-order valence-electron chi connectivity index (χ1n) is 10.3. The van der Waals surface area contributed by atoms with E-state index in [1.807, 2.05) is 5.37 Å². The Bertz CT molecular complexity index is 212. The second kappa shape index (κ2) is 19.1. The molecule has 0 heterocycles. The smallest absolute Gasteiger partial charge is 0.0157 e. The van der Waals surface area contributed by atoms with E-state index in [1.54, 1.807) is 0 Å². The summed E-state index contributed by atoms with van der Waals surface area (Å²) >= 11 is 4.96. The minimum Gasteiger partial charge on any atom is -0.0932 e. The van der Waals surface area contributed by atoms with Crippen molar-refractivity contribution in [2.45, 2.75) is 123 Å². The summed E-state index contributed by atoms with van der Waals surface area (Å²) in [4.78, 5) is 0. The molecular formula is C21H42S. The number of hydrogen-bond acceptors (Lipinski definition) is 1. The van der Waals surface area contributed by atoms with Gasteiger partial charge in [-0.25, -0.2) is 0 Å². The lowest BCUT2D eigenvalue weighted by molar-refractivity contribution is 0.522. The van der Waals surface area contributed by atoms with E-state index in [0.717, 1.165) is 0 Å². The van der Waals surface area contributed by atoms with Crippen molar-refractivity contribution >= 4 is 17.6 Å². The molecule has 0 aromatic heterocycles. The average molecular weight is 327 g/mol. The zero-order chi connectivity index (χ0) is 16.3. The van der Waals surface area contributed by atoms with Crippen molar-refractivity contribution in [2.24, 2.45) is 5.92 Å². The number of hydrogen-bond donors (Lipinski definition) is 0. The van der Waals surface area contributed by atoms with Gasteiger partial charge in [-0.3, -0.25) is 0 Å². The van der Waals surface area contributed by atoms with Crippen LogP contribution in [0.25, 0.3) is 0 Å². The van der Waals surface area contributed by atoms with Crippen LogP contribution in [-0.2, 0) is 0 Å². The van der Waals surface area contributed by atoms with Crippen LogP contribution in [0.3, 0.4) is 0 Å². The van der Waals surface area contributed by atoms with Gasteiger partial charge in [-0.2, -0.15) is 0 Å². The van der Waals surface area contributed by atoms with Crippen LogP contribution in [0.4, 0.5) is 0 Å². The van der Waals surface area contributed by atoms with Gasteiger partial charge in [0.05, 0.1) is 0 Å². The third-order valence-corrected chi connectivity index (χ3v) is 5.21.